The molecule has 108 valence electrons. The van der Waals surface area contributed by atoms with Gasteiger partial charge in [-0.15, -0.1) is 0 Å². The van der Waals surface area contributed by atoms with Crippen LogP contribution >= 0.6 is 23.2 Å². The zero-order chi connectivity index (χ0) is 14.5. The van der Waals surface area contributed by atoms with E-state index in [1.807, 2.05) is 6.07 Å². The average molecular weight is 312 g/mol. The molecule has 3 nitrogen and oxygen atoms in total. The molecule has 20 heavy (non-hydrogen) atoms. The number of benzene rings is 1. The molecule has 1 saturated heterocycles. The third kappa shape index (κ3) is 3.45. The summed E-state index contributed by atoms with van der Waals surface area (Å²) in [7, 11) is 0. The van der Waals surface area contributed by atoms with Crippen LogP contribution in [0.3, 0.4) is 0 Å². The highest BCUT2D eigenvalue weighted by Gasteiger charge is 2.27. The molecule has 0 aromatic heterocycles. The predicted molar refractivity (Wildman–Crippen MR) is 83.1 cm³/mol. The van der Waals surface area contributed by atoms with Crippen molar-refractivity contribution in [3.63, 3.8) is 0 Å². The molecule has 0 radical (unpaired) electrons. The number of rotatable bonds is 4. The standard InChI is InChI=1S/C15H19Cl2N3/c1-2-6-19-7-9-20(10-8-19)14(11-18)15-12(16)4-3-5-13(15)17/h3-5,14H,2,6-10H2,1H3. The lowest BCUT2D eigenvalue weighted by atomic mass is 10.1. The lowest BCUT2D eigenvalue weighted by molar-refractivity contribution is 0.114. The van der Waals surface area contributed by atoms with Crippen LogP contribution in [-0.2, 0) is 0 Å². The van der Waals surface area contributed by atoms with Crippen LogP contribution in [0.25, 0.3) is 0 Å². The highest BCUT2D eigenvalue weighted by Crippen LogP contribution is 2.33. The number of halogens is 2. The molecule has 5 heteroatoms. The van der Waals surface area contributed by atoms with Gasteiger partial charge in [0.15, 0.2) is 0 Å². The minimum Gasteiger partial charge on any atom is -0.301 e. The number of nitriles is 1. The maximum absolute atomic E-state index is 9.53. The summed E-state index contributed by atoms with van der Waals surface area (Å²) in [6, 6.07) is 7.39. The van der Waals surface area contributed by atoms with E-state index >= 15 is 0 Å². The second kappa shape index (κ2) is 7.28. The van der Waals surface area contributed by atoms with Crippen molar-refractivity contribution in [1.29, 1.82) is 5.26 Å². The summed E-state index contributed by atoms with van der Waals surface area (Å²) in [6.07, 6.45) is 1.16. The van der Waals surface area contributed by atoms with Gasteiger partial charge >= 0.3 is 0 Å². The monoisotopic (exact) mass is 311 g/mol. The quantitative estimate of drug-likeness (QED) is 0.851. The van der Waals surface area contributed by atoms with E-state index in [-0.39, 0.29) is 6.04 Å². The van der Waals surface area contributed by atoms with Crippen molar-refractivity contribution >= 4 is 23.2 Å². The van der Waals surface area contributed by atoms with E-state index in [1.165, 1.54) is 0 Å². The molecule has 0 aliphatic carbocycles. The lowest BCUT2D eigenvalue weighted by Crippen LogP contribution is -2.47. The molecule has 1 atom stereocenters. The van der Waals surface area contributed by atoms with Crippen LogP contribution in [-0.4, -0.2) is 42.5 Å². The van der Waals surface area contributed by atoms with Gasteiger partial charge in [0.2, 0.25) is 0 Å². The van der Waals surface area contributed by atoms with E-state index in [0.29, 0.717) is 10.0 Å². The van der Waals surface area contributed by atoms with Crippen molar-refractivity contribution in [2.75, 3.05) is 32.7 Å². The van der Waals surface area contributed by atoms with Gasteiger partial charge in [0.05, 0.1) is 6.07 Å². The van der Waals surface area contributed by atoms with Gasteiger partial charge in [-0.3, -0.25) is 4.90 Å². The molecular formula is C15H19Cl2N3. The summed E-state index contributed by atoms with van der Waals surface area (Å²) in [5.41, 5.74) is 0.738. The highest BCUT2D eigenvalue weighted by atomic mass is 35.5. The first kappa shape index (κ1) is 15.6. The van der Waals surface area contributed by atoms with Crippen LogP contribution in [0, 0.1) is 11.3 Å². The first-order valence-electron chi connectivity index (χ1n) is 6.97. The summed E-state index contributed by atoms with van der Waals surface area (Å²) in [6.45, 7) is 7.05. The van der Waals surface area contributed by atoms with Crippen LogP contribution in [0.2, 0.25) is 10.0 Å². The van der Waals surface area contributed by atoms with Gasteiger partial charge in [-0.05, 0) is 25.1 Å². The highest BCUT2D eigenvalue weighted by molar-refractivity contribution is 6.36. The van der Waals surface area contributed by atoms with E-state index < -0.39 is 0 Å². The Morgan fingerprint density at radius 2 is 1.80 bits per heavy atom. The SMILES string of the molecule is CCCN1CCN(C(C#N)c2c(Cl)cccc2Cl)CC1. The van der Waals surface area contributed by atoms with Crippen LogP contribution in [0.1, 0.15) is 24.9 Å². The molecule has 0 spiro atoms. The summed E-state index contributed by atoms with van der Waals surface area (Å²) in [4.78, 5) is 4.60. The van der Waals surface area contributed by atoms with E-state index in [2.05, 4.69) is 22.8 Å². The van der Waals surface area contributed by atoms with Gasteiger partial charge in [-0.25, -0.2) is 0 Å². The third-order valence-corrected chi connectivity index (χ3v) is 4.37. The Morgan fingerprint density at radius 3 is 2.30 bits per heavy atom. The summed E-state index contributed by atoms with van der Waals surface area (Å²) in [5.74, 6) is 0. The third-order valence-electron chi connectivity index (χ3n) is 3.71. The van der Waals surface area contributed by atoms with Crippen LogP contribution in [0.5, 0.6) is 0 Å². The van der Waals surface area contributed by atoms with Gasteiger partial charge in [-0.1, -0.05) is 36.2 Å². The van der Waals surface area contributed by atoms with Crippen molar-refractivity contribution in [2.45, 2.75) is 19.4 Å². The number of nitrogens with zero attached hydrogens (tertiary/aromatic N) is 3. The largest absolute Gasteiger partial charge is 0.301 e. The minimum absolute atomic E-state index is 0.361. The van der Waals surface area contributed by atoms with Crippen LogP contribution in [0.15, 0.2) is 18.2 Å². The summed E-state index contributed by atoms with van der Waals surface area (Å²) < 4.78 is 0. The average Bonchev–Trinajstić information content (AvgIpc) is 2.45. The van der Waals surface area contributed by atoms with Gasteiger partial charge < -0.3 is 4.90 Å². The number of piperazine rings is 1. The second-order valence-electron chi connectivity index (χ2n) is 5.04. The molecule has 1 aliphatic rings. The molecule has 1 fully saturated rings. The normalized spacial score (nSPS) is 18.7. The Bertz CT molecular complexity index is 470. The van der Waals surface area contributed by atoms with Crippen LogP contribution in [0.4, 0.5) is 0 Å². The fourth-order valence-electron chi connectivity index (χ4n) is 2.66. The smallest absolute Gasteiger partial charge is 0.126 e. The maximum atomic E-state index is 9.53. The van der Waals surface area contributed by atoms with Crippen molar-refractivity contribution in [2.24, 2.45) is 0 Å². The fourth-order valence-corrected chi connectivity index (χ4v) is 3.27. The Kier molecular flexibility index (Phi) is 5.68. The Balaban J connectivity index is 2.13. The van der Waals surface area contributed by atoms with Gasteiger partial charge in [-0.2, -0.15) is 5.26 Å². The van der Waals surface area contributed by atoms with E-state index in [0.717, 1.165) is 44.7 Å². The molecule has 0 amide bonds. The molecule has 0 bridgehead atoms. The van der Waals surface area contributed by atoms with Crippen molar-refractivity contribution in [1.82, 2.24) is 9.80 Å². The van der Waals surface area contributed by atoms with E-state index in [4.69, 9.17) is 23.2 Å². The molecule has 1 aromatic carbocycles. The van der Waals surface area contributed by atoms with Crippen molar-refractivity contribution in [3.8, 4) is 6.07 Å². The molecule has 2 rings (SSSR count). The molecule has 1 heterocycles. The number of hydrogen-bond acceptors (Lipinski definition) is 3. The Morgan fingerprint density at radius 1 is 1.20 bits per heavy atom. The van der Waals surface area contributed by atoms with E-state index in [9.17, 15) is 5.26 Å². The van der Waals surface area contributed by atoms with Gasteiger partial charge in [0.1, 0.15) is 6.04 Å². The molecular weight excluding hydrogens is 293 g/mol. The van der Waals surface area contributed by atoms with Gasteiger partial charge in [0.25, 0.3) is 0 Å². The topological polar surface area (TPSA) is 30.3 Å². The first-order chi connectivity index (χ1) is 9.67. The Hall–Kier alpha value is -0.790. The zero-order valence-electron chi connectivity index (χ0n) is 11.6. The van der Waals surface area contributed by atoms with E-state index in [1.54, 1.807) is 12.1 Å². The summed E-state index contributed by atoms with van der Waals surface area (Å²) in [5, 5.41) is 10.7. The predicted octanol–water partition coefficient (Wildman–Crippen LogP) is 3.59. The molecule has 0 saturated carbocycles. The first-order valence-corrected chi connectivity index (χ1v) is 7.73. The van der Waals surface area contributed by atoms with Crippen molar-refractivity contribution < 1.29 is 0 Å². The molecule has 1 aliphatic heterocycles. The Labute approximate surface area is 130 Å². The zero-order valence-corrected chi connectivity index (χ0v) is 13.2. The minimum atomic E-state index is -0.361. The second-order valence-corrected chi connectivity index (χ2v) is 5.86. The van der Waals surface area contributed by atoms with Crippen molar-refractivity contribution in [3.05, 3.63) is 33.8 Å². The molecule has 1 aromatic rings. The lowest BCUT2D eigenvalue weighted by Gasteiger charge is -2.37. The number of hydrogen-bond donors (Lipinski definition) is 0. The molecule has 1 unspecified atom stereocenters. The molecule has 0 N–H and O–H groups in total. The maximum Gasteiger partial charge on any atom is 0.126 e. The summed E-state index contributed by atoms with van der Waals surface area (Å²) >= 11 is 12.5. The fraction of sp³-hybridized carbons (Fsp3) is 0.533. The van der Waals surface area contributed by atoms with Crippen LogP contribution < -0.4 is 0 Å². The van der Waals surface area contributed by atoms with Gasteiger partial charge in [0, 0.05) is 41.8 Å².